The number of hydrazone groups is 1. The first-order chi connectivity index (χ1) is 22.8. The zero-order valence-corrected chi connectivity index (χ0v) is 25.6. The Bertz CT molecular complexity index is 1880. The van der Waals surface area contributed by atoms with Crippen molar-refractivity contribution >= 4 is 33.8 Å². The lowest BCUT2D eigenvalue weighted by Crippen LogP contribution is -2.44. The molecule has 4 atom stereocenters. The fourth-order valence-corrected chi connectivity index (χ4v) is 7.91. The number of allylic oxidation sites excluding steroid dienone is 2. The molecule has 0 radical (unpaired) electrons. The molecule has 0 unspecified atom stereocenters. The number of oxime groups is 1. The van der Waals surface area contributed by atoms with E-state index in [0.717, 1.165) is 19.4 Å². The second-order valence-electron chi connectivity index (χ2n) is 12.7. The van der Waals surface area contributed by atoms with E-state index in [9.17, 15) is 4.39 Å². The summed E-state index contributed by atoms with van der Waals surface area (Å²) in [5.74, 6) is 0.605. The molecule has 2 fully saturated rings. The summed E-state index contributed by atoms with van der Waals surface area (Å²) in [6.45, 7) is 0.998. The van der Waals surface area contributed by atoms with E-state index in [1.54, 1.807) is 12.1 Å². The minimum atomic E-state index is -1.33. The minimum Gasteiger partial charge on any atom is -0.468 e. The lowest BCUT2D eigenvalue weighted by Gasteiger charge is -2.35. The normalized spacial score (nSPS) is 28.2. The number of ether oxygens (including phenoxy) is 3. The summed E-state index contributed by atoms with van der Waals surface area (Å²) in [7, 11) is 1.46. The topological polar surface area (TPSA) is 80.5 Å². The van der Waals surface area contributed by atoms with E-state index < -0.39 is 35.4 Å². The molecular weight excluding hydrogens is 618 g/mol. The Morgan fingerprint density at radius 2 is 2.02 bits per heavy atom. The van der Waals surface area contributed by atoms with Crippen LogP contribution in [0.2, 0.25) is 0 Å². The van der Waals surface area contributed by atoms with Crippen LogP contribution >= 0.6 is 0 Å². The number of nitrogens with zero attached hydrogens (tertiary/aromatic N) is 5. The molecule has 5 heterocycles. The van der Waals surface area contributed by atoms with Gasteiger partial charge in [-0.1, -0.05) is 17.1 Å². The molecule has 0 N–H and O–H groups in total. The van der Waals surface area contributed by atoms with Gasteiger partial charge < -0.3 is 19.0 Å². The number of fused-ring (bicyclic) bond motifs is 4. The number of amidine groups is 1. The minimum absolute atomic E-state index is 0.0118. The third-order valence-corrected chi connectivity index (χ3v) is 9.88. The van der Waals surface area contributed by atoms with Gasteiger partial charge in [-0.05, 0) is 54.1 Å². The van der Waals surface area contributed by atoms with Crippen molar-refractivity contribution in [2.75, 3.05) is 46.8 Å². The molecule has 2 aromatic carbocycles. The van der Waals surface area contributed by atoms with Gasteiger partial charge in [0.05, 0.1) is 29.3 Å². The highest BCUT2D eigenvalue weighted by Crippen LogP contribution is 2.46. The first kappa shape index (κ1) is 30.0. The van der Waals surface area contributed by atoms with Crippen molar-refractivity contribution < 1.29 is 36.6 Å². The molecule has 0 amide bonds. The largest absolute Gasteiger partial charge is 0.468 e. The summed E-state index contributed by atoms with van der Waals surface area (Å²) in [6.07, 6.45) is 5.49. The van der Waals surface area contributed by atoms with Gasteiger partial charge in [-0.2, -0.15) is 4.99 Å². The molecule has 9 nitrogen and oxygen atoms in total. The molecule has 0 spiro atoms. The van der Waals surface area contributed by atoms with Crippen molar-refractivity contribution in [3.05, 3.63) is 58.3 Å². The van der Waals surface area contributed by atoms with Crippen molar-refractivity contribution in [1.29, 1.82) is 0 Å². The lowest BCUT2D eigenvalue weighted by atomic mass is 9.83. The number of hydrogen-bond acceptors (Lipinski definition) is 9. The second kappa shape index (κ2) is 11.4. The zero-order chi connectivity index (χ0) is 32.4. The predicted molar refractivity (Wildman–Crippen MR) is 166 cm³/mol. The molecule has 244 valence electrons. The standard InChI is InChI=1S/C34H31F4N5O4/c1-3-22-26(37)6-5-18-9-21(46-17-44-2)11-24(27(18)22)28-29(38)31-32-23(25-15-47-41-30(25)28)10-19(35)14-43(32)40-33(39-31)45-16-34-7-4-8-42(34)13-20(36)12-34/h1,5-6,9,11,19-20,25H,4,7-8,10,12-17H2,2H3/t19-,20-,25+,34+/m1/s1. The van der Waals surface area contributed by atoms with Crippen molar-refractivity contribution in [3.63, 3.8) is 0 Å². The van der Waals surface area contributed by atoms with Gasteiger partial charge in [0, 0.05) is 37.5 Å². The summed E-state index contributed by atoms with van der Waals surface area (Å²) in [5.41, 5.74) is 0.504. The number of alkyl halides is 2. The van der Waals surface area contributed by atoms with Crippen molar-refractivity contribution in [2.45, 2.75) is 43.6 Å². The average molecular weight is 650 g/mol. The molecule has 0 bridgehead atoms. The molecule has 0 aromatic heterocycles. The van der Waals surface area contributed by atoms with Crippen LogP contribution in [0.1, 0.15) is 36.8 Å². The molecule has 13 heteroatoms. The molecule has 47 heavy (non-hydrogen) atoms. The van der Waals surface area contributed by atoms with Gasteiger partial charge in [-0.25, -0.2) is 17.6 Å². The molecule has 2 aromatic rings. The predicted octanol–water partition coefficient (Wildman–Crippen LogP) is 5.26. The van der Waals surface area contributed by atoms with Crippen LogP contribution < -0.4 is 4.74 Å². The van der Waals surface area contributed by atoms with Crippen LogP contribution in [0.15, 0.2) is 56.6 Å². The fourth-order valence-electron chi connectivity index (χ4n) is 7.91. The Morgan fingerprint density at radius 1 is 1.15 bits per heavy atom. The third-order valence-electron chi connectivity index (χ3n) is 9.88. The molecule has 5 aliphatic heterocycles. The molecule has 2 saturated heterocycles. The van der Waals surface area contributed by atoms with Crippen LogP contribution in [0, 0.1) is 24.1 Å². The number of hydrogen-bond donors (Lipinski definition) is 0. The van der Waals surface area contributed by atoms with Gasteiger partial charge in [0.2, 0.25) is 0 Å². The molecule has 8 rings (SSSR count). The number of halogens is 4. The first-order valence-electron chi connectivity index (χ1n) is 15.6. The monoisotopic (exact) mass is 649 g/mol. The summed E-state index contributed by atoms with van der Waals surface area (Å²) in [4.78, 5) is 12.2. The number of methoxy groups -OCH3 is 1. The fraction of sp³-hybridized carbons (Fsp3) is 0.441. The van der Waals surface area contributed by atoms with Gasteiger partial charge in [0.15, 0.2) is 12.6 Å². The number of rotatable bonds is 6. The Morgan fingerprint density at radius 3 is 2.85 bits per heavy atom. The maximum Gasteiger partial charge on any atom is 0.334 e. The SMILES string of the molecule is C#Cc1c(F)ccc2cc(OCOC)cc(C3=C(F)C4=NC(OC[C@@]56CCCN5C[C@H](F)C6)=NN5C[C@H](F)CC(=C45)[C@@H]4CON=C34)c12. The highest BCUT2D eigenvalue weighted by Gasteiger charge is 2.50. The van der Waals surface area contributed by atoms with Crippen molar-refractivity contribution in [3.8, 4) is 18.1 Å². The quantitative estimate of drug-likeness (QED) is 0.242. The molecular formula is C34H31F4N5O4. The van der Waals surface area contributed by atoms with Crippen LogP contribution in [-0.4, -0.2) is 92.0 Å². The zero-order valence-electron chi connectivity index (χ0n) is 25.6. The van der Waals surface area contributed by atoms with Crippen LogP contribution in [0.3, 0.4) is 0 Å². The molecule has 0 saturated carbocycles. The van der Waals surface area contributed by atoms with Gasteiger partial charge in [0.1, 0.15) is 48.5 Å². The summed E-state index contributed by atoms with van der Waals surface area (Å²) >= 11 is 0. The highest BCUT2D eigenvalue weighted by atomic mass is 19.1. The summed E-state index contributed by atoms with van der Waals surface area (Å²) in [6, 6.07) is 5.82. The number of benzene rings is 2. The summed E-state index contributed by atoms with van der Waals surface area (Å²) < 4.78 is 79.5. The van der Waals surface area contributed by atoms with Crippen molar-refractivity contribution in [1.82, 2.24) is 9.91 Å². The maximum absolute atomic E-state index is 17.5. The Labute approximate surface area is 268 Å². The van der Waals surface area contributed by atoms with E-state index in [2.05, 4.69) is 26.1 Å². The third kappa shape index (κ3) is 4.80. The van der Waals surface area contributed by atoms with Crippen LogP contribution in [0.5, 0.6) is 5.75 Å². The summed E-state index contributed by atoms with van der Waals surface area (Å²) in [5, 5.41) is 10.9. The maximum atomic E-state index is 17.5. The van der Waals surface area contributed by atoms with Crippen LogP contribution in [-0.2, 0) is 14.3 Å². The first-order valence-corrected chi connectivity index (χ1v) is 15.6. The smallest absolute Gasteiger partial charge is 0.334 e. The van der Waals surface area contributed by atoms with Crippen molar-refractivity contribution in [2.24, 2.45) is 21.2 Å². The Balaban J connectivity index is 1.31. The van der Waals surface area contributed by atoms with E-state index in [0.29, 0.717) is 35.4 Å². The Kier molecular flexibility index (Phi) is 7.25. The van der Waals surface area contributed by atoms with Crippen LogP contribution in [0.4, 0.5) is 17.6 Å². The Hall–Kier alpha value is -4.41. The lowest BCUT2D eigenvalue weighted by molar-refractivity contribution is 0.0512. The van der Waals surface area contributed by atoms with Gasteiger partial charge in [-0.3, -0.25) is 9.91 Å². The van der Waals surface area contributed by atoms with E-state index in [-0.39, 0.29) is 72.5 Å². The van der Waals surface area contributed by atoms with E-state index in [1.165, 1.54) is 24.3 Å². The van der Waals surface area contributed by atoms with Gasteiger partial charge in [-0.15, -0.1) is 11.5 Å². The highest BCUT2D eigenvalue weighted by molar-refractivity contribution is 6.37. The molecule has 6 aliphatic rings. The molecule has 1 aliphatic carbocycles. The van der Waals surface area contributed by atoms with Gasteiger partial charge in [0.25, 0.3) is 0 Å². The van der Waals surface area contributed by atoms with E-state index in [4.69, 9.17) is 25.5 Å². The average Bonchev–Trinajstić information content (AvgIpc) is 3.75. The van der Waals surface area contributed by atoms with Gasteiger partial charge >= 0.3 is 6.02 Å². The number of terminal acetylenes is 1. The second-order valence-corrected chi connectivity index (χ2v) is 12.7. The van der Waals surface area contributed by atoms with Crippen LogP contribution in [0.25, 0.3) is 16.3 Å². The van der Waals surface area contributed by atoms with E-state index in [1.807, 2.05) is 0 Å². The van der Waals surface area contributed by atoms with E-state index >= 15 is 13.2 Å². The number of aliphatic imine (C=N–C) groups is 1.